The smallest absolute Gasteiger partial charge is 0.166 e. The van der Waals surface area contributed by atoms with E-state index in [1.807, 2.05) is 18.7 Å². The zero-order valence-corrected chi connectivity index (χ0v) is 13.4. The molecule has 6 heteroatoms. The lowest BCUT2D eigenvalue weighted by atomic mass is 9.87. The van der Waals surface area contributed by atoms with Crippen LogP contribution in [0, 0.1) is 5.41 Å². The first-order valence-corrected chi connectivity index (χ1v) is 9.29. The fourth-order valence-electron chi connectivity index (χ4n) is 1.97. The molecule has 108 valence electrons. The van der Waals surface area contributed by atoms with Crippen LogP contribution in [-0.4, -0.2) is 60.3 Å². The van der Waals surface area contributed by atoms with Crippen molar-refractivity contribution in [2.45, 2.75) is 39.2 Å². The van der Waals surface area contributed by atoms with E-state index in [-0.39, 0.29) is 16.5 Å². The molecule has 1 aliphatic rings. The fourth-order valence-corrected chi connectivity index (χ4v) is 5.05. The molecule has 1 saturated heterocycles. The molecule has 0 saturated carbocycles. The molecule has 4 nitrogen and oxygen atoms in total. The normalized spacial score (nSPS) is 25.1. The number of sulfone groups is 1. The lowest BCUT2D eigenvalue weighted by Gasteiger charge is -2.40. The highest BCUT2D eigenvalue weighted by Gasteiger charge is 2.37. The van der Waals surface area contributed by atoms with E-state index in [0.29, 0.717) is 12.3 Å². The molecule has 2 unspecified atom stereocenters. The number of rotatable bonds is 5. The number of thioether (sulfide) groups is 1. The Morgan fingerprint density at radius 1 is 1.50 bits per heavy atom. The minimum absolute atomic E-state index is 0.184. The second-order valence-corrected chi connectivity index (χ2v) is 9.21. The van der Waals surface area contributed by atoms with Crippen molar-refractivity contribution in [1.29, 1.82) is 0 Å². The minimum Gasteiger partial charge on any atom is -0.393 e. The van der Waals surface area contributed by atoms with E-state index in [1.54, 1.807) is 25.6 Å². The Labute approximate surface area is 115 Å². The van der Waals surface area contributed by atoms with Crippen molar-refractivity contribution in [3.8, 4) is 0 Å². The van der Waals surface area contributed by atoms with Gasteiger partial charge >= 0.3 is 0 Å². The Balaban J connectivity index is 2.84. The van der Waals surface area contributed by atoms with Gasteiger partial charge in [0.2, 0.25) is 0 Å². The van der Waals surface area contributed by atoms with Gasteiger partial charge in [0.1, 0.15) is 5.37 Å². The van der Waals surface area contributed by atoms with E-state index in [4.69, 9.17) is 0 Å². The third-order valence-corrected chi connectivity index (χ3v) is 7.08. The molecule has 1 N–H and O–H groups in total. The zero-order valence-electron chi connectivity index (χ0n) is 11.7. The molecule has 0 aromatic carbocycles. The van der Waals surface area contributed by atoms with Crippen LogP contribution in [0.1, 0.15) is 27.7 Å². The summed E-state index contributed by atoms with van der Waals surface area (Å²) in [5, 5.41) is 9.39. The topological polar surface area (TPSA) is 57.6 Å². The van der Waals surface area contributed by atoms with Crippen LogP contribution in [0.25, 0.3) is 0 Å². The third kappa shape index (κ3) is 3.85. The highest BCUT2D eigenvalue weighted by atomic mass is 32.2. The van der Waals surface area contributed by atoms with Crippen molar-refractivity contribution in [1.82, 2.24) is 4.90 Å². The van der Waals surface area contributed by atoms with E-state index >= 15 is 0 Å². The van der Waals surface area contributed by atoms with Crippen molar-refractivity contribution in [3.63, 3.8) is 0 Å². The summed E-state index contributed by atoms with van der Waals surface area (Å²) in [4.78, 5) is 2.03. The van der Waals surface area contributed by atoms with E-state index in [9.17, 15) is 13.5 Å². The Morgan fingerprint density at radius 3 is 2.61 bits per heavy atom. The maximum atomic E-state index is 12.1. The highest BCUT2D eigenvalue weighted by Crippen LogP contribution is 2.28. The molecule has 1 fully saturated rings. The van der Waals surface area contributed by atoms with Crippen LogP contribution >= 0.6 is 11.8 Å². The molecular formula is C12H25NO3S2. The van der Waals surface area contributed by atoms with Gasteiger partial charge in [-0.1, -0.05) is 20.8 Å². The molecule has 2 atom stereocenters. The van der Waals surface area contributed by atoms with E-state index in [2.05, 4.69) is 0 Å². The number of hydrogen-bond acceptors (Lipinski definition) is 5. The van der Waals surface area contributed by atoms with Gasteiger partial charge in [-0.3, -0.25) is 4.90 Å². The summed E-state index contributed by atoms with van der Waals surface area (Å²) in [5.74, 6) is 1.79. The summed E-state index contributed by atoms with van der Waals surface area (Å²) in [7, 11) is -3.05. The Kier molecular flexibility index (Phi) is 5.53. The zero-order chi connectivity index (χ0) is 14.0. The van der Waals surface area contributed by atoms with Crippen LogP contribution in [0.5, 0.6) is 0 Å². The molecule has 0 aromatic rings. The average molecular weight is 295 g/mol. The molecule has 0 bridgehead atoms. The molecule has 0 aliphatic carbocycles. The summed E-state index contributed by atoms with van der Waals surface area (Å²) in [6, 6.07) is 0. The predicted molar refractivity (Wildman–Crippen MR) is 77.6 cm³/mol. The van der Waals surface area contributed by atoms with Crippen LogP contribution in [0.4, 0.5) is 0 Å². The second kappa shape index (κ2) is 6.11. The van der Waals surface area contributed by atoms with Crippen LogP contribution in [0.2, 0.25) is 0 Å². The van der Waals surface area contributed by atoms with Gasteiger partial charge in [0.15, 0.2) is 9.84 Å². The number of hydrogen-bond donors (Lipinski definition) is 1. The van der Waals surface area contributed by atoms with Gasteiger partial charge in [-0.05, 0) is 6.92 Å². The minimum atomic E-state index is -3.05. The van der Waals surface area contributed by atoms with Gasteiger partial charge in [-0.25, -0.2) is 8.42 Å². The summed E-state index contributed by atoms with van der Waals surface area (Å²) in [5.41, 5.74) is -0.288. The van der Waals surface area contributed by atoms with Crippen LogP contribution < -0.4 is 0 Å². The Hall–Kier alpha value is 0.220. The lowest BCUT2D eigenvalue weighted by Crippen LogP contribution is -2.52. The van der Waals surface area contributed by atoms with E-state index < -0.39 is 15.9 Å². The molecular weight excluding hydrogens is 270 g/mol. The van der Waals surface area contributed by atoms with Crippen LogP contribution in [0.15, 0.2) is 0 Å². The van der Waals surface area contributed by atoms with Gasteiger partial charge in [0.25, 0.3) is 0 Å². The first kappa shape index (κ1) is 16.3. The molecule has 0 amide bonds. The number of aliphatic hydroxyl groups excluding tert-OH is 1. The predicted octanol–water partition coefficient (Wildman–Crippen LogP) is 1.20. The van der Waals surface area contributed by atoms with Crippen molar-refractivity contribution in [3.05, 3.63) is 0 Å². The summed E-state index contributed by atoms with van der Waals surface area (Å²) >= 11 is 1.70. The maximum Gasteiger partial charge on any atom is 0.166 e. The molecule has 0 spiro atoms. The fraction of sp³-hybridized carbons (Fsp3) is 1.00. The first-order chi connectivity index (χ1) is 8.20. The number of aliphatic hydroxyl groups is 1. The Bertz CT molecular complexity index is 366. The molecule has 0 aromatic heterocycles. The van der Waals surface area contributed by atoms with E-state index in [1.165, 1.54) is 0 Å². The van der Waals surface area contributed by atoms with Gasteiger partial charge in [0, 0.05) is 35.8 Å². The standard InChI is InChI=1S/C12H25NO3S2/c1-5-18(15,16)11-8-17-7-6-13(11)9-12(3,4)10(2)14/h10-11,14H,5-9H2,1-4H3. The average Bonchev–Trinajstić information content (AvgIpc) is 2.29. The summed E-state index contributed by atoms with van der Waals surface area (Å²) in [6.07, 6.45) is -0.447. The quantitative estimate of drug-likeness (QED) is 0.826. The largest absolute Gasteiger partial charge is 0.393 e. The monoisotopic (exact) mass is 295 g/mol. The molecule has 0 radical (unpaired) electrons. The first-order valence-electron chi connectivity index (χ1n) is 6.42. The van der Waals surface area contributed by atoms with Gasteiger partial charge in [-0.15, -0.1) is 0 Å². The summed E-state index contributed by atoms with van der Waals surface area (Å²) in [6.45, 7) is 8.83. The summed E-state index contributed by atoms with van der Waals surface area (Å²) < 4.78 is 24.2. The van der Waals surface area contributed by atoms with Crippen molar-refractivity contribution < 1.29 is 13.5 Å². The Morgan fingerprint density at radius 2 is 2.11 bits per heavy atom. The van der Waals surface area contributed by atoms with Crippen molar-refractivity contribution >= 4 is 21.6 Å². The van der Waals surface area contributed by atoms with Gasteiger partial charge in [-0.2, -0.15) is 11.8 Å². The van der Waals surface area contributed by atoms with Gasteiger partial charge < -0.3 is 5.11 Å². The number of nitrogens with zero attached hydrogens (tertiary/aromatic N) is 1. The second-order valence-electron chi connectivity index (χ2n) is 5.62. The molecule has 1 heterocycles. The van der Waals surface area contributed by atoms with Crippen molar-refractivity contribution in [2.24, 2.45) is 5.41 Å². The lowest BCUT2D eigenvalue weighted by molar-refractivity contribution is 0.0333. The third-order valence-electron chi connectivity index (χ3n) is 3.75. The van der Waals surface area contributed by atoms with Crippen molar-refractivity contribution in [2.75, 3.05) is 30.3 Å². The maximum absolute atomic E-state index is 12.1. The highest BCUT2D eigenvalue weighted by molar-refractivity contribution is 8.01. The van der Waals surface area contributed by atoms with E-state index in [0.717, 1.165) is 12.3 Å². The van der Waals surface area contributed by atoms with Crippen LogP contribution in [0.3, 0.4) is 0 Å². The van der Waals surface area contributed by atoms with Gasteiger partial charge in [0.05, 0.1) is 6.10 Å². The SMILES string of the molecule is CCS(=O)(=O)C1CSCCN1CC(C)(C)C(C)O. The molecule has 18 heavy (non-hydrogen) atoms. The van der Waals surface area contributed by atoms with Crippen LogP contribution in [-0.2, 0) is 9.84 Å². The molecule has 1 rings (SSSR count). The molecule has 1 aliphatic heterocycles.